The minimum Gasteiger partial charge on any atom is -0.460 e. The maximum absolute atomic E-state index is 12.1. The van der Waals surface area contributed by atoms with Crippen LogP contribution >= 0.6 is 11.6 Å². The average molecular weight is 331 g/mol. The molecule has 0 bridgehead atoms. The summed E-state index contributed by atoms with van der Waals surface area (Å²) in [5, 5.41) is 0.0400. The van der Waals surface area contributed by atoms with E-state index >= 15 is 0 Å². The van der Waals surface area contributed by atoms with E-state index in [1.807, 2.05) is 0 Å². The predicted octanol–water partition coefficient (Wildman–Crippen LogP) is 2.19. The van der Waals surface area contributed by atoms with E-state index in [9.17, 15) is 14.4 Å². The summed E-state index contributed by atoms with van der Waals surface area (Å²) >= 11 is 5.80. The molecule has 1 aromatic heterocycles. The van der Waals surface area contributed by atoms with Crippen LogP contribution in [0.5, 0.6) is 0 Å². The van der Waals surface area contributed by atoms with Gasteiger partial charge in [-0.25, -0.2) is 9.78 Å². The SMILES string of the molecule is O=C(OCCN1C(=O)c2ccccc2C1=O)c1cccnc1Cl. The fourth-order valence-corrected chi connectivity index (χ4v) is 2.48. The second-order valence-corrected chi connectivity index (χ2v) is 5.14. The number of hydrogen-bond donors (Lipinski definition) is 0. The highest BCUT2D eigenvalue weighted by molar-refractivity contribution is 6.32. The Morgan fingerprint density at radius 3 is 2.35 bits per heavy atom. The van der Waals surface area contributed by atoms with E-state index < -0.39 is 5.97 Å². The average Bonchev–Trinajstić information content (AvgIpc) is 2.80. The molecule has 0 N–H and O–H groups in total. The Kier molecular flexibility index (Phi) is 4.08. The maximum atomic E-state index is 12.1. The monoisotopic (exact) mass is 330 g/mol. The number of amides is 2. The van der Waals surface area contributed by atoms with Gasteiger partial charge in [0.2, 0.25) is 0 Å². The Bertz CT molecular complexity index is 771. The molecule has 7 heteroatoms. The normalized spacial score (nSPS) is 13.2. The Morgan fingerprint density at radius 2 is 1.74 bits per heavy atom. The molecular formula is C16H11ClN2O4. The van der Waals surface area contributed by atoms with Crippen molar-refractivity contribution in [2.45, 2.75) is 0 Å². The summed E-state index contributed by atoms with van der Waals surface area (Å²) in [6.07, 6.45) is 1.46. The lowest BCUT2D eigenvalue weighted by molar-refractivity contribution is 0.0420. The second-order valence-electron chi connectivity index (χ2n) is 4.79. The molecular weight excluding hydrogens is 320 g/mol. The van der Waals surface area contributed by atoms with Crippen LogP contribution in [0.3, 0.4) is 0 Å². The molecule has 116 valence electrons. The number of aromatic nitrogens is 1. The zero-order valence-electron chi connectivity index (χ0n) is 11.9. The zero-order valence-corrected chi connectivity index (χ0v) is 12.6. The van der Waals surface area contributed by atoms with Crippen LogP contribution in [0.15, 0.2) is 42.6 Å². The quantitative estimate of drug-likeness (QED) is 0.488. The van der Waals surface area contributed by atoms with Crippen LogP contribution in [0.4, 0.5) is 0 Å². The number of rotatable bonds is 4. The summed E-state index contributed by atoms with van der Waals surface area (Å²) in [6, 6.07) is 9.62. The van der Waals surface area contributed by atoms with Crippen LogP contribution in [0.2, 0.25) is 5.15 Å². The number of benzene rings is 1. The van der Waals surface area contributed by atoms with E-state index in [4.69, 9.17) is 16.3 Å². The highest BCUT2D eigenvalue weighted by Crippen LogP contribution is 2.22. The minimum absolute atomic E-state index is 0.0179. The van der Waals surface area contributed by atoms with Crippen molar-refractivity contribution < 1.29 is 19.1 Å². The summed E-state index contributed by atoms with van der Waals surface area (Å²) in [5.41, 5.74) is 0.856. The highest BCUT2D eigenvalue weighted by Gasteiger charge is 2.34. The van der Waals surface area contributed by atoms with Gasteiger partial charge in [0.15, 0.2) is 0 Å². The van der Waals surface area contributed by atoms with Crippen LogP contribution in [0.25, 0.3) is 0 Å². The fourth-order valence-electron chi connectivity index (χ4n) is 2.29. The molecule has 1 aromatic carbocycles. The van der Waals surface area contributed by atoms with Gasteiger partial charge in [-0.1, -0.05) is 23.7 Å². The Balaban J connectivity index is 1.62. The smallest absolute Gasteiger partial charge is 0.341 e. The fraction of sp³-hybridized carbons (Fsp3) is 0.125. The van der Waals surface area contributed by atoms with Crippen molar-refractivity contribution in [2.24, 2.45) is 0 Å². The number of carbonyl (C=O) groups is 3. The van der Waals surface area contributed by atoms with Crippen molar-refractivity contribution in [1.29, 1.82) is 0 Å². The number of esters is 1. The number of imide groups is 1. The third-order valence-corrected chi connectivity index (χ3v) is 3.71. The molecule has 3 rings (SSSR count). The number of hydrogen-bond acceptors (Lipinski definition) is 5. The molecule has 0 unspecified atom stereocenters. The van der Waals surface area contributed by atoms with Gasteiger partial charge < -0.3 is 4.74 Å². The predicted molar refractivity (Wildman–Crippen MR) is 81.3 cm³/mol. The first-order valence-electron chi connectivity index (χ1n) is 6.82. The summed E-state index contributed by atoms with van der Waals surface area (Å²) < 4.78 is 5.06. The molecule has 2 aromatic rings. The topological polar surface area (TPSA) is 76.6 Å². The van der Waals surface area contributed by atoms with Gasteiger partial charge in [0, 0.05) is 6.20 Å². The Hall–Kier alpha value is -2.73. The van der Waals surface area contributed by atoms with Crippen molar-refractivity contribution in [1.82, 2.24) is 9.88 Å². The second kappa shape index (κ2) is 6.18. The van der Waals surface area contributed by atoms with Crippen LogP contribution in [-0.2, 0) is 4.74 Å². The first-order valence-corrected chi connectivity index (χ1v) is 7.20. The largest absolute Gasteiger partial charge is 0.460 e. The van der Waals surface area contributed by atoms with Crippen LogP contribution in [0.1, 0.15) is 31.1 Å². The van der Waals surface area contributed by atoms with Crippen molar-refractivity contribution in [2.75, 3.05) is 13.2 Å². The molecule has 2 amide bonds. The lowest BCUT2D eigenvalue weighted by Crippen LogP contribution is -2.33. The Morgan fingerprint density at radius 1 is 1.09 bits per heavy atom. The highest BCUT2D eigenvalue weighted by atomic mass is 35.5. The Labute approximate surface area is 136 Å². The number of fused-ring (bicyclic) bond motifs is 1. The maximum Gasteiger partial charge on any atom is 0.341 e. The number of ether oxygens (including phenoxy) is 1. The van der Waals surface area contributed by atoms with Crippen molar-refractivity contribution in [3.8, 4) is 0 Å². The number of nitrogens with zero attached hydrogens (tertiary/aromatic N) is 2. The molecule has 2 heterocycles. The van der Waals surface area contributed by atoms with Gasteiger partial charge in [0.1, 0.15) is 11.8 Å². The first kappa shape index (κ1) is 15.2. The third kappa shape index (κ3) is 2.80. The molecule has 1 aliphatic heterocycles. The van der Waals surface area contributed by atoms with Crippen molar-refractivity contribution in [3.05, 3.63) is 64.4 Å². The minimum atomic E-state index is -0.653. The molecule has 6 nitrogen and oxygen atoms in total. The van der Waals surface area contributed by atoms with E-state index in [-0.39, 0.29) is 35.7 Å². The molecule has 23 heavy (non-hydrogen) atoms. The van der Waals surface area contributed by atoms with Crippen LogP contribution < -0.4 is 0 Å². The summed E-state index contributed by atoms with van der Waals surface area (Å²) in [5.74, 6) is -1.43. The van der Waals surface area contributed by atoms with Crippen molar-refractivity contribution in [3.63, 3.8) is 0 Å². The summed E-state index contributed by atoms with van der Waals surface area (Å²) in [6.45, 7) is -0.133. The van der Waals surface area contributed by atoms with Gasteiger partial charge in [-0.05, 0) is 24.3 Å². The molecule has 0 saturated carbocycles. The van der Waals surface area contributed by atoms with E-state index in [2.05, 4.69) is 4.98 Å². The van der Waals surface area contributed by atoms with E-state index in [1.54, 1.807) is 30.3 Å². The summed E-state index contributed by atoms with van der Waals surface area (Å²) in [4.78, 5) is 41.0. The molecule has 0 fully saturated rings. The van der Waals surface area contributed by atoms with Gasteiger partial charge in [0.05, 0.1) is 23.2 Å². The van der Waals surface area contributed by atoms with E-state index in [0.717, 1.165) is 4.90 Å². The first-order chi connectivity index (χ1) is 11.1. The van der Waals surface area contributed by atoms with Gasteiger partial charge in [-0.2, -0.15) is 0 Å². The lowest BCUT2D eigenvalue weighted by atomic mass is 10.1. The number of halogens is 1. The lowest BCUT2D eigenvalue weighted by Gasteiger charge is -2.13. The van der Waals surface area contributed by atoms with E-state index in [0.29, 0.717) is 11.1 Å². The molecule has 1 aliphatic rings. The van der Waals surface area contributed by atoms with Gasteiger partial charge in [-0.15, -0.1) is 0 Å². The molecule has 0 atom stereocenters. The van der Waals surface area contributed by atoms with Crippen LogP contribution in [-0.4, -0.2) is 40.8 Å². The number of pyridine rings is 1. The van der Waals surface area contributed by atoms with Gasteiger partial charge in [-0.3, -0.25) is 14.5 Å². The third-order valence-electron chi connectivity index (χ3n) is 3.41. The summed E-state index contributed by atoms with van der Waals surface area (Å²) in [7, 11) is 0. The van der Waals surface area contributed by atoms with Gasteiger partial charge >= 0.3 is 5.97 Å². The molecule has 0 spiro atoms. The molecule has 0 saturated heterocycles. The molecule has 0 aliphatic carbocycles. The number of carbonyl (C=O) groups excluding carboxylic acids is 3. The molecule has 0 radical (unpaired) electrons. The standard InChI is InChI=1S/C16H11ClN2O4/c17-13-12(6-3-7-18-13)16(22)23-9-8-19-14(20)10-4-1-2-5-11(10)15(19)21/h1-7H,8-9H2. The van der Waals surface area contributed by atoms with Crippen LogP contribution in [0, 0.1) is 0 Å². The van der Waals surface area contributed by atoms with Gasteiger partial charge in [0.25, 0.3) is 11.8 Å². The zero-order chi connectivity index (χ0) is 16.4. The van der Waals surface area contributed by atoms with Crippen molar-refractivity contribution >= 4 is 29.4 Å². The van der Waals surface area contributed by atoms with E-state index in [1.165, 1.54) is 12.3 Å².